The van der Waals surface area contributed by atoms with Gasteiger partial charge in [0, 0.05) is 0 Å². The summed E-state index contributed by atoms with van der Waals surface area (Å²) in [7, 11) is 0. The van der Waals surface area contributed by atoms with Crippen molar-refractivity contribution in [2.75, 3.05) is 6.61 Å². The molecular weight excluding hydrogens is 290 g/mol. The van der Waals surface area contributed by atoms with Gasteiger partial charge in [-0.05, 0) is 38.7 Å². The van der Waals surface area contributed by atoms with Gasteiger partial charge in [0.25, 0.3) is 0 Å². The van der Waals surface area contributed by atoms with Gasteiger partial charge in [0.1, 0.15) is 5.92 Å². The quantitative estimate of drug-likeness (QED) is 0.568. The van der Waals surface area contributed by atoms with Crippen LogP contribution in [0.1, 0.15) is 38.7 Å². The number of benzene rings is 1. The molecule has 1 aliphatic rings. The molecule has 0 aliphatic heterocycles. The predicted molar refractivity (Wildman–Crippen MR) is 87.3 cm³/mol. The number of hydrogen-bond acceptors (Lipinski definition) is 4. The van der Waals surface area contributed by atoms with Crippen LogP contribution in [0.2, 0.25) is 0 Å². The van der Waals surface area contributed by atoms with Crippen LogP contribution in [0, 0.1) is 17.2 Å². The van der Waals surface area contributed by atoms with Gasteiger partial charge in [-0.25, -0.2) is 0 Å². The second kappa shape index (κ2) is 8.50. The van der Waals surface area contributed by atoms with E-state index in [-0.39, 0.29) is 6.10 Å². The highest BCUT2D eigenvalue weighted by Crippen LogP contribution is 2.34. The molecular formula is C19H23NO3. The Hall–Kier alpha value is -2.12. The molecule has 2 rings (SSSR count). The molecule has 4 heteroatoms. The average Bonchev–Trinajstić information content (AvgIpc) is 2.52. The van der Waals surface area contributed by atoms with Gasteiger partial charge in [-0.2, -0.15) is 5.26 Å². The smallest absolute Gasteiger partial charge is 0.323 e. The minimum absolute atomic E-state index is 0.239. The molecule has 0 saturated heterocycles. The Kier molecular flexibility index (Phi) is 6.37. The van der Waals surface area contributed by atoms with Crippen LogP contribution in [0.3, 0.4) is 0 Å². The molecule has 1 atom stereocenters. The van der Waals surface area contributed by atoms with Gasteiger partial charge < -0.3 is 9.47 Å². The summed E-state index contributed by atoms with van der Waals surface area (Å²) in [5.74, 6) is -1.13. The number of hydrogen-bond donors (Lipinski definition) is 0. The summed E-state index contributed by atoms with van der Waals surface area (Å²) in [6.45, 7) is 4.67. The molecule has 0 N–H and O–H groups in total. The SMILES string of the molecule is CCOC(=O)C(C#N)CC(C)=C1CC(OCc2ccccc2)C1. The molecule has 122 valence electrons. The molecule has 0 heterocycles. The number of carbonyl (C=O) groups excluding carboxylic acids is 1. The number of nitriles is 1. The van der Waals surface area contributed by atoms with Crippen molar-refractivity contribution in [1.82, 2.24) is 0 Å². The Labute approximate surface area is 137 Å². The molecule has 23 heavy (non-hydrogen) atoms. The summed E-state index contributed by atoms with van der Waals surface area (Å²) in [6.07, 6.45) is 2.47. The van der Waals surface area contributed by atoms with Crippen LogP contribution in [-0.4, -0.2) is 18.7 Å². The molecule has 1 fully saturated rings. The van der Waals surface area contributed by atoms with Crippen LogP contribution in [0.4, 0.5) is 0 Å². The van der Waals surface area contributed by atoms with Gasteiger partial charge in [-0.3, -0.25) is 4.79 Å². The minimum Gasteiger partial charge on any atom is -0.465 e. The minimum atomic E-state index is -0.702. The summed E-state index contributed by atoms with van der Waals surface area (Å²) in [5, 5.41) is 9.11. The number of esters is 1. The van der Waals surface area contributed by atoms with E-state index in [4.69, 9.17) is 14.7 Å². The van der Waals surface area contributed by atoms with E-state index in [9.17, 15) is 4.79 Å². The molecule has 1 saturated carbocycles. The summed E-state index contributed by atoms with van der Waals surface area (Å²) in [5.41, 5.74) is 3.59. The van der Waals surface area contributed by atoms with Gasteiger partial charge in [0.2, 0.25) is 0 Å². The first kappa shape index (κ1) is 17.2. The Morgan fingerprint density at radius 3 is 2.65 bits per heavy atom. The van der Waals surface area contributed by atoms with Crippen molar-refractivity contribution < 1.29 is 14.3 Å². The third kappa shape index (κ3) is 4.94. The first-order valence-corrected chi connectivity index (χ1v) is 8.03. The first-order chi connectivity index (χ1) is 11.1. The van der Waals surface area contributed by atoms with Crippen LogP contribution < -0.4 is 0 Å². The van der Waals surface area contributed by atoms with Gasteiger partial charge >= 0.3 is 5.97 Å². The Balaban J connectivity index is 1.79. The van der Waals surface area contributed by atoms with Gasteiger partial charge in [0.05, 0.1) is 25.4 Å². The van der Waals surface area contributed by atoms with Crippen molar-refractivity contribution >= 4 is 5.97 Å². The Morgan fingerprint density at radius 2 is 2.04 bits per heavy atom. The van der Waals surface area contributed by atoms with E-state index in [0.717, 1.165) is 18.4 Å². The van der Waals surface area contributed by atoms with Crippen molar-refractivity contribution in [3.8, 4) is 6.07 Å². The molecule has 1 aromatic carbocycles. The first-order valence-electron chi connectivity index (χ1n) is 8.03. The van der Waals surface area contributed by atoms with Crippen molar-refractivity contribution in [3.05, 3.63) is 47.0 Å². The second-order valence-electron chi connectivity index (χ2n) is 5.85. The van der Waals surface area contributed by atoms with Gasteiger partial charge in [-0.15, -0.1) is 0 Å². The van der Waals surface area contributed by atoms with Crippen LogP contribution in [0.25, 0.3) is 0 Å². The van der Waals surface area contributed by atoms with E-state index >= 15 is 0 Å². The third-order valence-corrected chi connectivity index (χ3v) is 4.12. The normalized spacial score (nSPS) is 17.8. The highest BCUT2D eigenvalue weighted by molar-refractivity contribution is 5.75. The highest BCUT2D eigenvalue weighted by Gasteiger charge is 2.28. The molecule has 0 aromatic heterocycles. The maximum Gasteiger partial charge on any atom is 0.323 e. The van der Waals surface area contributed by atoms with E-state index in [1.165, 1.54) is 11.1 Å². The van der Waals surface area contributed by atoms with E-state index in [0.29, 0.717) is 19.6 Å². The molecule has 1 aromatic rings. The molecule has 4 nitrogen and oxygen atoms in total. The summed E-state index contributed by atoms with van der Waals surface area (Å²) in [4.78, 5) is 11.7. The van der Waals surface area contributed by atoms with Crippen molar-refractivity contribution in [2.45, 2.75) is 45.8 Å². The van der Waals surface area contributed by atoms with E-state index in [1.807, 2.05) is 31.2 Å². The van der Waals surface area contributed by atoms with Crippen LogP contribution in [0.5, 0.6) is 0 Å². The summed E-state index contributed by atoms with van der Waals surface area (Å²) in [6, 6.07) is 12.1. The standard InChI is InChI=1S/C19H23NO3/c1-3-22-19(21)17(12-20)9-14(2)16-10-18(11-16)23-13-15-7-5-4-6-8-15/h4-8,17-18H,3,9-11,13H2,1-2H3. The predicted octanol–water partition coefficient (Wildman–Crippen LogP) is 3.78. The Morgan fingerprint density at radius 1 is 1.35 bits per heavy atom. The topological polar surface area (TPSA) is 59.3 Å². The Bertz CT molecular complexity index is 593. The third-order valence-electron chi connectivity index (χ3n) is 4.12. The lowest BCUT2D eigenvalue weighted by Crippen LogP contribution is -2.26. The maximum absolute atomic E-state index is 11.7. The highest BCUT2D eigenvalue weighted by atomic mass is 16.5. The van der Waals surface area contributed by atoms with Crippen molar-refractivity contribution in [2.24, 2.45) is 5.92 Å². The van der Waals surface area contributed by atoms with Crippen LogP contribution in [-0.2, 0) is 20.9 Å². The number of rotatable bonds is 7. The number of nitrogens with zero attached hydrogens (tertiary/aromatic N) is 1. The monoisotopic (exact) mass is 313 g/mol. The van der Waals surface area contributed by atoms with E-state index in [2.05, 4.69) is 12.1 Å². The van der Waals surface area contributed by atoms with Crippen LogP contribution in [0.15, 0.2) is 41.5 Å². The summed E-state index contributed by atoms with van der Waals surface area (Å²) >= 11 is 0. The molecule has 0 bridgehead atoms. The van der Waals surface area contributed by atoms with Gasteiger partial charge in [-0.1, -0.05) is 41.5 Å². The van der Waals surface area contributed by atoms with Crippen molar-refractivity contribution in [3.63, 3.8) is 0 Å². The van der Waals surface area contributed by atoms with Crippen LogP contribution >= 0.6 is 0 Å². The second-order valence-corrected chi connectivity index (χ2v) is 5.85. The van der Waals surface area contributed by atoms with Gasteiger partial charge in [0.15, 0.2) is 0 Å². The number of carbonyl (C=O) groups is 1. The molecule has 0 amide bonds. The molecule has 1 unspecified atom stereocenters. The number of ether oxygens (including phenoxy) is 2. The molecule has 0 radical (unpaired) electrons. The zero-order chi connectivity index (χ0) is 16.7. The fourth-order valence-corrected chi connectivity index (χ4v) is 2.62. The maximum atomic E-state index is 11.7. The average molecular weight is 313 g/mol. The molecule has 0 spiro atoms. The summed E-state index contributed by atoms with van der Waals surface area (Å²) < 4.78 is 10.8. The van der Waals surface area contributed by atoms with E-state index in [1.54, 1.807) is 6.92 Å². The van der Waals surface area contributed by atoms with Crippen molar-refractivity contribution in [1.29, 1.82) is 5.26 Å². The fraction of sp³-hybridized carbons (Fsp3) is 0.474. The molecule has 1 aliphatic carbocycles. The lowest BCUT2D eigenvalue weighted by atomic mass is 9.83. The zero-order valence-electron chi connectivity index (χ0n) is 13.7. The lowest BCUT2D eigenvalue weighted by molar-refractivity contribution is -0.145. The van der Waals surface area contributed by atoms with E-state index < -0.39 is 11.9 Å². The largest absolute Gasteiger partial charge is 0.465 e. The zero-order valence-corrected chi connectivity index (χ0v) is 13.7. The fourth-order valence-electron chi connectivity index (χ4n) is 2.62. The number of allylic oxidation sites excluding steroid dienone is 1. The lowest BCUT2D eigenvalue weighted by Gasteiger charge is -2.31.